The van der Waals surface area contributed by atoms with Crippen LogP contribution < -0.4 is 0 Å². The molecule has 0 aliphatic heterocycles. The van der Waals surface area contributed by atoms with Gasteiger partial charge in [0.1, 0.15) is 13.2 Å². The van der Waals surface area contributed by atoms with Gasteiger partial charge in [-0.25, -0.2) is 9.59 Å². The highest BCUT2D eigenvalue weighted by Gasteiger charge is 2.01. The Bertz CT molecular complexity index is 272. The molecule has 8 heteroatoms. The van der Waals surface area contributed by atoms with Crippen LogP contribution in [0.4, 0.5) is 9.59 Å². The van der Waals surface area contributed by atoms with Gasteiger partial charge in [-0.15, -0.1) is 0 Å². The lowest BCUT2D eigenvalue weighted by atomic mass is 10.7. The van der Waals surface area contributed by atoms with Gasteiger partial charge in [0.25, 0.3) is 0 Å². The molecule has 0 aliphatic rings. The van der Waals surface area contributed by atoms with Crippen LogP contribution in [-0.2, 0) is 28.4 Å². The second-order valence-electron chi connectivity index (χ2n) is 2.99. The predicted molar refractivity (Wildman–Crippen MR) is 66.9 cm³/mol. The van der Waals surface area contributed by atoms with E-state index in [0.29, 0.717) is 13.2 Å². The first-order valence-electron chi connectivity index (χ1n) is 5.74. The molecular weight excluding hydrogens is 272 g/mol. The van der Waals surface area contributed by atoms with Gasteiger partial charge in [0.15, 0.2) is 0 Å². The fourth-order valence-corrected chi connectivity index (χ4v) is 0.894. The Morgan fingerprint density at radius 2 is 1.05 bits per heavy atom. The minimum atomic E-state index is -0.830. The predicted octanol–water partition coefficient (Wildman–Crippen LogP) is 1.61. The van der Waals surface area contributed by atoms with E-state index >= 15 is 0 Å². The fraction of sp³-hybridized carbons (Fsp3) is 0.500. The lowest BCUT2D eigenvalue weighted by molar-refractivity contribution is 0.00345. The van der Waals surface area contributed by atoms with Crippen LogP contribution in [0.25, 0.3) is 0 Å². The summed E-state index contributed by atoms with van der Waals surface area (Å²) < 4.78 is 28.0. The van der Waals surface area contributed by atoms with Gasteiger partial charge in [-0.1, -0.05) is 13.2 Å². The molecule has 0 heterocycles. The van der Waals surface area contributed by atoms with Crippen molar-refractivity contribution in [2.45, 2.75) is 0 Å². The number of carbonyl (C=O) groups excluding carboxylic acids is 2. The average molecular weight is 290 g/mol. The molecule has 8 nitrogen and oxygen atoms in total. The quantitative estimate of drug-likeness (QED) is 0.322. The molecule has 114 valence electrons. The third-order valence-electron chi connectivity index (χ3n) is 1.63. The van der Waals surface area contributed by atoms with Crippen LogP contribution in [0.5, 0.6) is 0 Å². The molecule has 0 unspecified atom stereocenters. The van der Waals surface area contributed by atoms with Gasteiger partial charge in [0.2, 0.25) is 0 Å². The Labute approximate surface area is 116 Å². The Morgan fingerprint density at radius 3 is 1.40 bits per heavy atom. The zero-order valence-corrected chi connectivity index (χ0v) is 11.1. The maximum atomic E-state index is 10.7. The maximum Gasteiger partial charge on any atom is 0.513 e. The van der Waals surface area contributed by atoms with Crippen LogP contribution in [0, 0.1) is 0 Å². The molecule has 0 N–H and O–H groups in total. The molecule has 0 amide bonds. The van der Waals surface area contributed by atoms with Crippen LogP contribution in [0.2, 0.25) is 0 Å². The van der Waals surface area contributed by atoms with Crippen molar-refractivity contribution in [1.82, 2.24) is 0 Å². The fourth-order valence-electron chi connectivity index (χ4n) is 0.894. The van der Waals surface area contributed by atoms with Gasteiger partial charge >= 0.3 is 12.3 Å². The van der Waals surface area contributed by atoms with Crippen LogP contribution in [0.3, 0.4) is 0 Å². The maximum absolute atomic E-state index is 10.7. The van der Waals surface area contributed by atoms with Gasteiger partial charge in [-0.2, -0.15) is 0 Å². The highest BCUT2D eigenvalue weighted by atomic mass is 16.7. The second-order valence-corrected chi connectivity index (χ2v) is 2.99. The Hall–Kier alpha value is -2.06. The van der Waals surface area contributed by atoms with Crippen LogP contribution in [-0.4, -0.2) is 52.0 Å². The molecule has 0 aromatic carbocycles. The van der Waals surface area contributed by atoms with Gasteiger partial charge in [0.05, 0.1) is 39.0 Å². The molecule has 0 atom stereocenters. The van der Waals surface area contributed by atoms with E-state index in [1.807, 2.05) is 0 Å². The monoisotopic (exact) mass is 290 g/mol. The number of hydrogen-bond donors (Lipinski definition) is 0. The molecule has 0 rings (SSSR count). The molecule has 0 spiro atoms. The SMILES string of the molecule is C=COC(=O)OCCOCCOCCOC(=O)OC=C. The summed E-state index contributed by atoms with van der Waals surface area (Å²) in [5.41, 5.74) is 0. The zero-order valence-electron chi connectivity index (χ0n) is 11.1. The molecule has 0 aromatic rings. The lowest BCUT2D eigenvalue weighted by Crippen LogP contribution is -2.14. The summed E-state index contributed by atoms with van der Waals surface area (Å²) in [5, 5.41) is 0. The normalized spacial score (nSPS) is 9.40. The minimum Gasteiger partial charge on any atom is -0.432 e. The highest BCUT2D eigenvalue weighted by Crippen LogP contribution is 1.88. The smallest absolute Gasteiger partial charge is 0.432 e. The molecule has 0 radical (unpaired) electrons. The molecule has 0 aromatic heterocycles. The topological polar surface area (TPSA) is 89.5 Å². The molecular formula is C12H18O8. The Kier molecular flexibility index (Phi) is 12.0. The zero-order chi connectivity index (χ0) is 15.1. The van der Waals surface area contributed by atoms with E-state index in [1.165, 1.54) is 0 Å². The highest BCUT2D eigenvalue weighted by molar-refractivity contribution is 5.60. The van der Waals surface area contributed by atoms with Crippen LogP contribution in [0.1, 0.15) is 0 Å². The van der Waals surface area contributed by atoms with Crippen LogP contribution in [0.15, 0.2) is 25.7 Å². The summed E-state index contributed by atoms with van der Waals surface area (Å²) in [5.74, 6) is 0. The third-order valence-corrected chi connectivity index (χ3v) is 1.63. The average Bonchev–Trinajstić information content (AvgIpc) is 2.41. The summed E-state index contributed by atoms with van der Waals surface area (Å²) in [7, 11) is 0. The van der Waals surface area contributed by atoms with Gasteiger partial charge in [-0.05, 0) is 0 Å². The first kappa shape index (κ1) is 17.9. The Balaban J connectivity index is 3.17. The van der Waals surface area contributed by atoms with E-state index < -0.39 is 12.3 Å². The summed E-state index contributed by atoms with van der Waals surface area (Å²) >= 11 is 0. The molecule has 0 fully saturated rings. The largest absolute Gasteiger partial charge is 0.513 e. The third kappa shape index (κ3) is 12.4. The van der Waals surface area contributed by atoms with E-state index in [0.717, 1.165) is 12.5 Å². The van der Waals surface area contributed by atoms with E-state index in [2.05, 4.69) is 32.1 Å². The van der Waals surface area contributed by atoms with E-state index in [1.54, 1.807) is 0 Å². The minimum absolute atomic E-state index is 0.0726. The van der Waals surface area contributed by atoms with Gasteiger partial charge in [-0.3, -0.25) is 0 Å². The number of carbonyl (C=O) groups is 2. The molecule has 0 bridgehead atoms. The van der Waals surface area contributed by atoms with Crippen molar-refractivity contribution in [3.63, 3.8) is 0 Å². The molecule has 0 saturated carbocycles. The number of rotatable bonds is 11. The molecule has 0 aliphatic carbocycles. The van der Waals surface area contributed by atoms with Crippen molar-refractivity contribution in [2.24, 2.45) is 0 Å². The van der Waals surface area contributed by atoms with Crippen LogP contribution >= 0.6 is 0 Å². The van der Waals surface area contributed by atoms with Crippen molar-refractivity contribution >= 4 is 12.3 Å². The van der Waals surface area contributed by atoms with Crippen molar-refractivity contribution in [1.29, 1.82) is 0 Å². The van der Waals surface area contributed by atoms with E-state index in [4.69, 9.17) is 9.47 Å². The first-order valence-corrected chi connectivity index (χ1v) is 5.74. The summed E-state index contributed by atoms with van der Waals surface area (Å²) in [6.07, 6.45) is 0.292. The summed E-state index contributed by atoms with van der Waals surface area (Å²) in [4.78, 5) is 21.4. The lowest BCUT2D eigenvalue weighted by Gasteiger charge is -2.06. The number of hydrogen-bond acceptors (Lipinski definition) is 8. The standard InChI is InChI=1S/C12H18O8/c1-3-17-11(13)19-9-7-15-5-6-16-8-10-20-12(14)18-4-2/h3-4H,1-2,5-10H2. The second kappa shape index (κ2) is 13.4. The summed E-state index contributed by atoms with van der Waals surface area (Å²) in [6.45, 7) is 7.62. The van der Waals surface area contributed by atoms with E-state index in [9.17, 15) is 9.59 Å². The van der Waals surface area contributed by atoms with Crippen molar-refractivity contribution in [2.75, 3.05) is 39.6 Å². The van der Waals surface area contributed by atoms with Crippen molar-refractivity contribution in [3.8, 4) is 0 Å². The van der Waals surface area contributed by atoms with Crippen molar-refractivity contribution < 1.29 is 38.0 Å². The van der Waals surface area contributed by atoms with E-state index in [-0.39, 0.29) is 26.4 Å². The first-order chi connectivity index (χ1) is 9.70. The Morgan fingerprint density at radius 1 is 0.700 bits per heavy atom. The number of ether oxygens (including phenoxy) is 6. The molecule has 0 saturated heterocycles. The van der Waals surface area contributed by atoms with Gasteiger partial charge < -0.3 is 28.4 Å². The van der Waals surface area contributed by atoms with Gasteiger partial charge in [0, 0.05) is 0 Å². The van der Waals surface area contributed by atoms with Crippen molar-refractivity contribution in [3.05, 3.63) is 25.7 Å². The molecule has 20 heavy (non-hydrogen) atoms. The summed E-state index contributed by atoms with van der Waals surface area (Å²) in [6, 6.07) is 0.